The highest BCUT2D eigenvalue weighted by Gasteiger charge is 2.26. The predicted octanol–water partition coefficient (Wildman–Crippen LogP) is 2.36. The monoisotopic (exact) mass is 470 g/mol. The number of hydrogen-bond acceptors (Lipinski definition) is 5. The maximum atomic E-state index is 13.7. The minimum atomic E-state index is -0.786. The van der Waals surface area contributed by atoms with Gasteiger partial charge in [-0.3, -0.25) is 19.1 Å². The third-order valence-corrected chi connectivity index (χ3v) is 4.86. The molecule has 2 rings (SSSR count). The predicted molar refractivity (Wildman–Crippen MR) is 113 cm³/mol. The molecule has 1 aromatic heterocycles. The summed E-state index contributed by atoms with van der Waals surface area (Å²) >= 11 is 3.24. The number of nitrogens with two attached hydrogens (primary N) is 1. The van der Waals surface area contributed by atoms with E-state index in [1.807, 2.05) is 13.8 Å². The van der Waals surface area contributed by atoms with E-state index in [1.54, 1.807) is 0 Å². The number of nitrogens with zero attached hydrogens (tertiary/aromatic N) is 2. The molecule has 0 spiro atoms. The Morgan fingerprint density at radius 2 is 2.07 bits per heavy atom. The van der Waals surface area contributed by atoms with E-state index < -0.39 is 23.0 Å². The van der Waals surface area contributed by atoms with Crippen LogP contribution in [-0.4, -0.2) is 35.7 Å². The zero-order valence-corrected chi connectivity index (χ0v) is 18.1. The molecule has 1 heterocycles. The minimum Gasteiger partial charge on any atom is -0.385 e. The van der Waals surface area contributed by atoms with E-state index in [-0.39, 0.29) is 36.1 Å². The van der Waals surface area contributed by atoms with E-state index in [2.05, 4.69) is 20.9 Å². The summed E-state index contributed by atoms with van der Waals surface area (Å²) in [4.78, 5) is 41.4. The van der Waals surface area contributed by atoms with Crippen LogP contribution in [0.4, 0.5) is 15.9 Å². The summed E-state index contributed by atoms with van der Waals surface area (Å²) in [6.07, 6.45) is 0.400. The average molecular weight is 471 g/mol. The van der Waals surface area contributed by atoms with Crippen LogP contribution in [-0.2, 0) is 11.3 Å². The van der Waals surface area contributed by atoms with Gasteiger partial charge in [-0.2, -0.15) is 0 Å². The van der Waals surface area contributed by atoms with Crippen molar-refractivity contribution >= 4 is 33.3 Å². The number of anilines is 2. The third kappa shape index (κ3) is 5.33. The van der Waals surface area contributed by atoms with Crippen molar-refractivity contribution in [3.05, 3.63) is 54.9 Å². The fourth-order valence-electron chi connectivity index (χ4n) is 2.87. The first-order chi connectivity index (χ1) is 13.7. The summed E-state index contributed by atoms with van der Waals surface area (Å²) in [5.41, 5.74) is 4.60. The zero-order chi connectivity index (χ0) is 21.7. The Morgan fingerprint density at radius 1 is 1.38 bits per heavy atom. The molecule has 0 unspecified atom stereocenters. The number of H-pyrrole nitrogens is 1. The van der Waals surface area contributed by atoms with E-state index in [0.717, 1.165) is 11.0 Å². The molecule has 0 aliphatic heterocycles. The first kappa shape index (κ1) is 22.8. The molecule has 0 aliphatic rings. The molecule has 2 aromatic rings. The van der Waals surface area contributed by atoms with Crippen LogP contribution in [0.3, 0.4) is 0 Å². The highest BCUT2D eigenvalue weighted by atomic mass is 79.9. The lowest BCUT2D eigenvalue weighted by Gasteiger charge is -2.25. The van der Waals surface area contributed by atoms with Gasteiger partial charge < -0.3 is 15.4 Å². The Bertz CT molecular complexity index is 1000. The fourth-order valence-corrected chi connectivity index (χ4v) is 3.29. The second-order valence-corrected chi connectivity index (χ2v) is 7.78. The van der Waals surface area contributed by atoms with Crippen LogP contribution in [0.15, 0.2) is 32.3 Å². The Kier molecular flexibility index (Phi) is 7.74. The van der Waals surface area contributed by atoms with E-state index >= 15 is 0 Å². The number of nitrogen functional groups attached to an aromatic ring is 1. The molecule has 0 atom stereocenters. The molecule has 0 saturated heterocycles. The number of hydrogen-bond donors (Lipinski definition) is 2. The molecule has 8 nitrogen and oxygen atoms in total. The van der Waals surface area contributed by atoms with Crippen molar-refractivity contribution in [3.8, 4) is 0 Å². The molecule has 0 saturated carbocycles. The zero-order valence-electron chi connectivity index (χ0n) is 16.5. The number of aromatic amines is 1. The first-order valence-corrected chi connectivity index (χ1v) is 9.85. The van der Waals surface area contributed by atoms with E-state index in [4.69, 9.17) is 10.5 Å². The molecule has 29 heavy (non-hydrogen) atoms. The van der Waals surface area contributed by atoms with Gasteiger partial charge in [-0.05, 0) is 46.5 Å². The van der Waals surface area contributed by atoms with Crippen molar-refractivity contribution < 1.29 is 13.9 Å². The van der Waals surface area contributed by atoms with Crippen molar-refractivity contribution in [2.24, 2.45) is 5.92 Å². The lowest BCUT2D eigenvalue weighted by molar-refractivity contribution is 0.0982. The highest BCUT2D eigenvalue weighted by Crippen LogP contribution is 2.25. The van der Waals surface area contributed by atoms with Crippen LogP contribution in [0.1, 0.15) is 30.6 Å². The summed E-state index contributed by atoms with van der Waals surface area (Å²) in [5, 5.41) is 0. The SMILES string of the molecule is COCCCN(C(=O)c1cc(F)ccc1Br)c1c(N)n(CC(C)C)c(=O)[nH]c1=O. The summed E-state index contributed by atoms with van der Waals surface area (Å²) in [6, 6.07) is 3.69. The maximum absolute atomic E-state index is 13.7. The lowest BCUT2D eigenvalue weighted by atomic mass is 10.1. The van der Waals surface area contributed by atoms with Gasteiger partial charge in [0.05, 0.1) is 5.56 Å². The molecule has 0 bridgehead atoms. The average Bonchev–Trinajstić information content (AvgIpc) is 2.65. The van der Waals surface area contributed by atoms with Crippen molar-refractivity contribution in [2.75, 3.05) is 30.9 Å². The smallest absolute Gasteiger partial charge is 0.330 e. The van der Waals surface area contributed by atoms with Gasteiger partial charge in [-0.15, -0.1) is 0 Å². The second-order valence-electron chi connectivity index (χ2n) is 6.92. The van der Waals surface area contributed by atoms with Crippen LogP contribution in [0.5, 0.6) is 0 Å². The Balaban J connectivity index is 2.64. The van der Waals surface area contributed by atoms with Gasteiger partial charge in [0.2, 0.25) is 0 Å². The van der Waals surface area contributed by atoms with Crippen molar-refractivity contribution in [1.82, 2.24) is 9.55 Å². The summed E-state index contributed by atoms with van der Waals surface area (Å²) in [7, 11) is 1.51. The Morgan fingerprint density at radius 3 is 2.69 bits per heavy atom. The number of methoxy groups -OCH3 is 1. The Hall–Kier alpha value is -2.46. The molecule has 3 N–H and O–H groups in total. The van der Waals surface area contributed by atoms with Crippen molar-refractivity contribution in [3.63, 3.8) is 0 Å². The minimum absolute atomic E-state index is 0.0304. The third-order valence-electron chi connectivity index (χ3n) is 4.17. The van der Waals surface area contributed by atoms with Gasteiger partial charge >= 0.3 is 5.69 Å². The molecule has 1 aromatic carbocycles. The van der Waals surface area contributed by atoms with Crippen LogP contribution >= 0.6 is 15.9 Å². The summed E-state index contributed by atoms with van der Waals surface area (Å²) < 4.78 is 20.4. The molecule has 158 valence electrons. The first-order valence-electron chi connectivity index (χ1n) is 9.05. The normalized spacial score (nSPS) is 11.1. The Labute approximate surface area is 175 Å². The summed E-state index contributed by atoms with van der Waals surface area (Å²) in [5.74, 6) is -1.27. The van der Waals surface area contributed by atoms with Crippen molar-refractivity contribution in [1.29, 1.82) is 0 Å². The molecule has 0 aliphatic carbocycles. The quantitative estimate of drug-likeness (QED) is 0.575. The summed E-state index contributed by atoms with van der Waals surface area (Å²) in [6.45, 7) is 4.46. The maximum Gasteiger partial charge on any atom is 0.330 e. The van der Waals surface area contributed by atoms with Gasteiger partial charge in [0, 0.05) is 31.3 Å². The van der Waals surface area contributed by atoms with Gasteiger partial charge in [0.1, 0.15) is 11.6 Å². The number of amides is 1. The van der Waals surface area contributed by atoms with Gasteiger partial charge in [0.25, 0.3) is 11.5 Å². The van der Waals surface area contributed by atoms with Gasteiger partial charge in [-0.1, -0.05) is 13.8 Å². The van der Waals surface area contributed by atoms with E-state index in [1.165, 1.54) is 23.8 Å². The van der Waals surface area contributed by atoms with Crippen LogP contribution in [0, 0.1) is 11.7 Å². The molecular formula is C19H24BrFN4O4. The van der Waals surface area contributed by atoms with Crippen LogP contribution in [0.2, 0.25) is 0 Å². The lowest BCUT2D eigenvalue weighted by Crippen LogP contribution is -2.42. The van der Waals surface area contributed by atoms with Gasteiger partial charge in [-0.25, -0.2) is 9.18 Å². The van der Waals surface area contributed by atoms with E-state index in [9.17, 15) is 18.8 Å². The number of carbonyl (C=O) groups excluding carboxylic acids is 1. The molecule has 0 fully saturated rings. The topological polar surface area (TPSA) is 110 Å². The number of carbonyl (C=O) groups is 1. The van der Waals surface area contributed by atoms with Crippen LogP contribution < -0.4 is 21.9 Å². The van der Waals surface area contributed by atoms with Gasteiger partial charge in [0.15, 0.2) is 5.69 Å². The number of ether oxygens (including phenoxy) is 1. The number of aromatic nitrogens is 2. The molecule has 10 heteroatoms. The number of benzene rings is 1. The highest BCUT2D eigenvalue weighted by molar-refractivity contribution is 9.10. The van der Waals surface area contributed by atoms with Crippen LogP contribution in [0.25, 0.3) is 0 Å². The second kappa shape index (κ2) is 9.84. The number of nitrogens with one attached hydrogen (secondary N) is 1. The molecule has 1 amide bonds. The number of halogens is 2. The number of rotatable bonds is 8. The molecule has 0 radical (unpaired) electrons. The van der Waals surface area contributed by atoms with E-state index in [0.29, 0.717) is 17.5 Å². The van der Waals surface area contributed by atoms with Crippen molar-refractivity contribution in [2.45, 2.75) is 26.8 Å². The standard InChI is InChI=1S/C19H24BrFN4O4/c1-11(2)10-25-16(22)15(17(26)23-19(25)28)24(7-4-8-29-3)18(27)13-9-12(21)5-6-14(13)20/h5-6,9,11H,4,7-8,10,22H2,1-3H3,(H,23,26,28). The largest absolute Gasteiger partial charge is 0.385 e. The molecular weight excluding hydrogens is 447 g/mol. The fraction of sp³-hybridized carbons (Fsp3) is 0.421.